The molecule has 0 amide bonds. The van der Waals surface area contributed by atoms with Gasteiger partial charge < -0.3 is 9.52 Å². The van der Waals surface area contributed by atoms with E-state index >= 15 is 0 Å². The summed E-state index contributed by atoms with van der Waals surface area (Å²) in [5.41, 5.74) is 2.47. The van der Waals surface area contributed by atoms with Crippen molar-refractivity contribution < 1.29 is 24.6 Å². The summed E-state index contributed by atoms with van der Waals surface area (Å²) >= 11 is 0. The number of benzene rings is 9. The summed E-state index contributed by atoms with van der Waals surface area (Å²) in [5, 5.41) is 13.6. The van der Waals surface area contributed by atoms with Gasteiger partial charge in [0.15, 0.2) is 0 Å². The van der Waals surface area contributed by atoms with E-state index in [4.69, 9.17) is 8.53 Å². The Bertz CT molecular complexity index is 3450. The molecule has 2 nitrogen and oxygen atoms in total. The molecule has 0 spiro atoms. The Kier molecular flexibility index (Phi) is 4.35. The van der Waals surface area contributed by atoms with Crippen molar-refractivity contribution in [1.29, 1.82) is 0 Å². The average Bonchev–Trinajstić information content (AvgIpc) is 3.67. The lowest BCUT2D eigenvalue weighted by atomic mass is 9.85. The van der Waals surface area contributed by atoms with Crippen molar-refractivity contribution in [2.75, 3.05) is 0 Å². The van der Waals surface area contributed by atoms with Gasteiger partial charge >= 0.3 is 0 Å². The van der Waals surface area contributed by atoms with E-state index in [1.807, 2.05) is 84.9 Å². The topological polar surface area (TPSA) is 33.4 Å². The van der Waals surface area contributed by atoms with E-state index < -0.39 is 77.8 Å². The molecule has 0 atom stereocenters. The highest BCUT2D eigenvalue weighted by molar-refractivity contribution is 6.24. The fraction of sp³-hybridized carbons (Fsp3) is 0. The lowest BCUT2D eigenvalue weighted by molar-refractivity contribution is 0.476. The van der Waals surface area contributed by atoms with Gasteiger partial charge in [-0.3, -0.25) is 0 Å². The van der Waals surface area contributed by atoms with Crippen LogP contribution in [0, 0.1) is 0 Å². The zero-order valence-electron chi connectivity index (χ0n) is 37.2. The molecule has 0 bridgehead atoms. The Morgan fingerprint density at radius 3 is 1.84 bits per heavy atom. The molecule has 0 radical (unpaired) electrons. The molecule has 0 saturated heterocycles. The first-order valence-corrected chi connectivity index (χ1v) is 16.1. The zero-order valence-corrected chi connectivity index (χ0v) is 26.2. The van der Waals surface area contributed by atoms with Crippen LogP contribution in [0.25, 0.3) is 98.8 Å². The number of hydrogen-bond acceptors (Lipinski definition) is 2. The largest absolute Gasteiger partial charge is 0.508 e. The van der Waals surface area contributed by atoms with Gasteiger partial charge in [0.05, 0.1) is 15.1 Å². The Morgan fingerprint density at radius 1 is 0.420 bits per heavy atom. The highest BCUT2D eigenvalue weighted by Crippen LogP contribution is 2.48. The molecule has 1 N–H and O–H groups in total. The van der Waals surface area contributed by atoms with Crippen molar-refractivity contribution in [3.8, 4) is 50.3 Å². The number of furan rings is 1. The molecule has 0 fully saturated rings. The van der Waals surface area contributed by atoms with E-state index in [1.54, 1.807) is 24.3 Å². The summed E-state index contributed by atoms with van der Waals surface area (Å²) in [7, 11) is 0. The molecule has 10 rings (SSSR count). The lowest BCUT2D eigenvalue weighted by Crippen LogP contribution is -1.91. The molecular weight excluding hydrogens is 609 g/mol. The molecule has 50 heavy (non-hydrogen) atoms. The monoisotopic (exact) mass is 649 g/mol. The first-order valence-electron chi connectivity index (χ1n) is 21.6. The fourth-order valence-corrected chi connectivity index (χ4v) is 7.02. The average molecular weight is 650 g/mol. The van der Waals surface area contributed by atoms with Gasteiger partial charge in [0.25, 0.3) is 0 Å². The smallest absolute Gasteiger partial charge is 0.143 e. The van der Waals surface area contributed by atoms with Crippen LogP contribution in [0.5, 0.6) is 5.75 Å². The van der Waals surface area contributed by atoms with Crippen molar-refractivity contribution in [2.24, 2.45) is 0 Å². The molecule has 2 heteroatoms. The Morgan fingerprint density at radius 2 is 1.06 bits per heavy atom. The summed E-state index contributed by atoms with van der Waals surface area (Å²) in [6, 6.07) is 26.8. The van der Waals surface area contributed by atoms with Crippen molar-refractivity contribution in [2.45, 2.75) is 0 Å². The standard InChI is InChI=1S/C48H30O2/c49-36-26-27-40-44(29-36)46(43-19-9-18-42-41-17-8-16-37(47(41)50-48(42)43)32-11-2-1-3-12-32)39-15-7-6-14-38(39)45(40)33-23-20-31(21-24-33)35-25-22-30-10-4-5-13-34(30)28-35/h1-29,49H/i6D,7D,14D,15D,20D,21D,23D,24D,26D,27D,29D. The maximum absolute atomic E-state index is 11.3. The summed E-state index contributed by atoms with van der Waals surface area (Å²) in [5.74, 6) is -0.862. The number of para-hydroxylation sites is 2. The third kappa shape index (κ3) is 4.43. The van der Waals surface area contributed by atoms with E-state index in [9.17, 15) is 16.1 Å². The van der Waals surface area contributed by atoms with Crippen molar-refractivity contribution in [3.63, 3.8) is 0 Å². The van der Waals surface area contributed by atoms with Crippen LogP contribution >= 0.6 is 0 Å². The van der Waals surface area contributed by atoms with Crippen LogP contribution in [-0.4, -0.2) is 5.11 Å². The zero-order chi connectivity index (χ0) is 42.8. The molecule has 9 aromatic carbocycles. The Balaban J connectivity index is 1.40. The number of phenolic OH excluding ortho intramolecular Hbond substituents is 1. The molecule has 0 unspecified atom stereocenters. The van der Waals surface area contributed by atoms with Crippen LogP contribution in [0.2, 0.25) is 0 Å². The van der Waals surface area contributed by atoms with Gasteiger partial charge in [-0.25, -0.2) is 0 Å². The molecule has 10 aromatic rings. The summed E-state index contributed by atoms with van der Waals surface area (Å²) in [6.45, 7) is 0. The van der Waals surface area contributed by atoms with E-state index in [1.165, 1.54) is 0 Å². The van der Waals surface area contributed by atoms with Gasteiger partial charge in [-0.1, -0.05) is 158 Å². The molecule has 0 aliphatic heterocycles. The van der Waals surface area contributed by atoms with Gasteiger partial charge in [-0.2, -0.15) is 0 Å². The highest BCUT2D eigenvalue weighted by Gasteiger charge is 2.21. The first kappa shape index (κ1) is 19.4. The summed E-state index contributed by atoms with van der Waals surface area (Å²) in [6.07, 6.45) is 0. The SMILES string of the molecule is [2H]c1c([2H])c(-c2c3c([2H])c([2H])c([2H])c([2H])c3c(-c3cccc4c3oc3c(-c5ccccc5)cccc34)c3c([2H])c(O)c([2H])c([2H])c23)c([2H])c([2H])c1-c1ccc2ccccc2c1. The normalized spacial score (nSPS) is 14.8. The van der Waals surface area contributed by atoms with Crippen molar-refractivity contribution in [3.05, 3.63) is 176 Å². The molecule has 0 saturated carbocycles. The van der Waals surface area contributed by atoms with Gasteiger partial charge in [0, 0.05) is 27.5 Å². The number of rotatable bonds is 4. The molecule has 0 aliphatic carbocycles. The van der Waals surface area contributed by atoms with Gasteiger partial charge in [0.2, 0.25) is 0 Å². The van der Waals surface area contributed by atoms with Gasteiger partial charge in [-0.15, -0.1) is 0 Å². The molecular formula is C48H30O2. The molecule has 1 heterocycles. The van der Waals surface area contributed by atoms with E-state index in [0.29, 0.717) is 16.5 Å². The lowest BCUT2D eigenvalue weighted by Gasteiger charge is -2.18. The second-order valence-electron chi connectivity index (χ2n) is 12.1. The summed E-state index contributed by atoms with van der Waals surface area (Å²) < 4.78 is 108. The second kappa shape index (κ2) is 11.2. The summed E-state index contributed by atoms with van der Waals surface area (Å²) in [4.78, 5) is 0. The van der Waals surface area contributed by atoms with Crippen molar-refractivity contribution in [1.82, 2.24) is 0 Å². The van der Waals surface area contributed by atoms with Crippen LogP contribution in [0.1, 0.15) is 15.1 Å². The van der Waals surface area contributed by atoms with Crippen LogP contribution in [0.15, 0.2) is 180 Å². The second-order valence-corrected chi connectivity index (χ2v) is 12.1. The highest BCUT2D eigenvalue weighted by atomic mass is 16.3. The Hall–Kier alpha value is -6.64. The minimum atomic E-state index is -0.862. The van der Waals surface area contributed by atoms with Crippen LogP contribution < -0.4 is 0 Å². The maximum atomic E-state index is 11.3. The number of phenols is 1. The minimum Gasteiger partial charge on any atom is -0.508 e. The maximum Gasteiger partial charge on any atom is 0.143 e. The number of aromatic hydroxyl groups is 1. The quantitative estimate of drug-likeness (QED) is 0.193. The van der Waals surface area contributed by atoms with E-state index in [-0.39, 0.29) is 49.4 Å². The fourth-order valence-electron chi connectivity index (χ4n) is 7.02. The van der Waals surface area contributed by atoms with Crippen molar-refractivity contribution >= 4 is 54.3 Å². The number of fused-ring (bicyclic) bond motifs is 6. The third-order valence-corrected chi connectivity index (χ3v) is 9.28. The molecule has 0 aliphatic rings. The Labute approximate surface area is 304 Å². The van der Waals surface area contributed by atoms with Crippen LogP contribution in [0.3, 0.4) is 0 Å². The predicted octanol–water partition coefficient (Wildman–Crippen LogP) is 13.4. The predicted molar refractivity (Wildman–Crippen MR) is 210 cm³/mol. The third-order valence-electron chi connectivity index (χ3n) is 9.28. The first-order chi connectivity index (χ1) is 29.3. The van der Waals surface area contributed by atoms with E-state index in [2.05, 4.69) is 0 Å². The minimum absolute atomic E-state index is 0.00325. The molecule has 1 aromatic heterocycles. The molecule has 234 valence electrons. The number of hydrogen-bond donors (Lipinski definition) is 1. The van der Waals surface area contributed by atoms with Gasteiger partial charge in [-0.05, 0) is 78.3 Å². The van der Waals surface area contributed by atoms with Crippen LogP contribution in [0.4, 0.5) is 0 Å². The van der Waals surface area contributed by atoms with E-state index in [0.717, 1.165) is 27.3 Å². The van der Waals surface area contributed by atoms with Crippen LogP contribution in [-0.2, 0) is 0 Å². The van der Waals surface area contributed by atoms with Gasteiger partial charge in [0.1, 0.15) is 16.9 Å².